The molecule has 0 fully saturated rings. The Labute approximate surface area is 167 Å². The molecular formula is C19H20BrNO5S. The molecule has 6 nitrogen and oxygen atoms in total. The number of carbonyl (C=O) groups excluding carboxylic acids is 2. The number of benzene rings is 2. The third-order valence-corrected chi connectivity index (χ3v) is 5.45. The van der Waals surface area contributed by atoms with Gasteiger partial charge in [-0.15, -0.1) is 0 Å². The summed E-state index contributed by atoms with van der Waals surface area (Å²) in [4.78, 5) is 24.2. The van der Waals surface area contributed by atoms with Gasteiger partial charge in [-0.3, -0.25) is 9.59 Å². The van der Waals surface area contributed by atoms with E-state index in [-0.39, 0.29) is 16.9 Å². The lowest BCUT2D eigenvalue weighted by Crippen LogP contribution is -2.26. The number of nitrogens with one attached hydrogen (secondary N) is 1. The molecule has 2 rings (SSSR count). The van der Waals surface area contributed by atoms with Gasteiger partial charge in [-0.05, 0) is 56.7 Å². The molecule has 0 atom stereocenters. The zero-order valence-corrected chi connectivity index (χ0v) is 17.6. The average Bonchev–Trinajstić information content (AvgIpc) is 2.55. The van der Waals surface area contributed by atoms with Crippen LogP contribution in [0.3, 0.4) is 0 Å². The summed E-state index contributed by atoms with van der Waals surface area (Å²) in [6.45, 7) is 5.16. The highest BCUT2D eigenvalue weighted by molar-refractivity contribution is 9.10. The summed E-state index contributed by atoms with van der Waals surface area (Å²) >= 11 is 3.27. The number of halogens is 1. The lowest BCUT2D eigenvalue weighted by molar-refractivity contribution is -0.153. The van der Waals surface area contributed by atoms with Gasteiger partial charge in [-0.1, -0.05) is 34.1 Å². The fourth-order valence-electron chi connectivity index (χ4n) is 2.26. The topological polar surface area (TPSA) is 89.5 Å². The van der Waals surface area contributed by atoms with Crippen molar-refractivity contribution in [3.8, 4) is 0 Å². The van der Waals surface area contributed by atoms with Gasteiger partial charge in [0, 0.05) is 10.2 Å². The number of anilines is 1. The van der Waals surface area contributed by atoms with Crippen molar-refractivity contribution in [2.45, 2.75) is 37.7 Å². The van der Waals surface area contributed by atoms with Gasteiger partial charge in [-0.2, -0.15) is 0 Å². The maximum Gasteiger partial charge on any atom is 0.345 e. The Morgan fingerprint density at radius 1 is 1.04 bits per heavy atom. The Hall–Kier alpha value is -2.19. The number of esters is 1. The van der Waals surface area contributed by atoms with Crippen LogP contribution in [-0.2, 0) is 25.8 Å². The minimum atomic E-state index is -4.34. The molecule has 0 unspecified atom stereocenters. The molecule has 0 saturated carbocycles. The fraction of sp³-hybridized carbons (Fsp3) is 0.263. The highest BCUT2D eigenvalue weighted by Gasteiger charge is 2.29. The summed E-state index contributed by atoms with van der Waals surface area (Å²) < 4.78 is 31.5. The number of amides is 1. The van der Waals surface area contributed by atoms with E-state index in [4.69, 9.17) is 4.74 Å². The van der Waals surface area contributed by atoms with Crippen LogP contribution in [0.1, 0.15) is 26.3 Å². The standard InChI is InChI=1S/C19H20BrNO5S/c1-19(2,3)26-17(22)12-13-6-4-5-7-16(13)27(24,25)18(23)21-15-10-8-14(20)9-11-15/h4-11H,12H2,1-3H3,(H,21,23). The molecule has 0 heterocycles. The maximum atomic E-state index is 12.7. The van der Waals surface area contributed by atoms with E-state index in [9.17, 15) is 18.0 Å². The van der Waals surface area contributed by atoms with Crippen LogP contribution in [0.5, 0.6) is 0 Å². The van der Waals surface area contributed by atoms with Crippen LogP contribution < -0.4 is 5.32 Å². The van der Waals surface area contributed by atoms with Crippen LogP contribution in [0.15, 0.2) is 57.9 Å². The predicted molar refractivity (Wildman–Crippen MR) is 106 cm³/mol. The van der Waals surface area contributed by atoms with Crippen molar-refractivity contribution in [3.05, 3.63) is 58.6 Å². The summed E-state index contributed by atoms with van der Waals surface area (Å²) in [6, 6.07) is 12.4. The zero-order chi connectivity index (χ0) is 20.2. The van der Waals surface area contributed by atoms with Crippen LogP contribution in [0.2, 0.25) is 0 Å². The Kier molecular flexibility index (Phi) is 6.43. The SMILES string of the molecule is CC(C)(C)OC(=O)Cc1ccccc1S(=O)(=O)C(=O)Nc1ccc(Br)cc1. The second-order valence-electron chi connectivity index (χ2n) is 6.79. The van der Waals surface area contributed by atoms with E-state index in [2.05, 4.69) is 21.2 Å². The number of rotatable bonds is 4. The predicted octanol–water partition coefficient (Wildman–Crippen LogP) is 4.34. The molecule has 8 heteroatoms. The highest BCUT2D eigenvalue weighted by atomic mass is 79.9. The second kappa shape index (κ2) is 8.22. The van der Waals surface area contributed by atoms with Gasteiger partial charge in [0.05, 0.1) is 11.3 Å². The second-order valence-corrected chi connectivity index (χ2v) is 9.53. The average molecular weight is 454 g/mol. The number of sulfone groups is 1. The fourth-order valence-corrected chi connectivity index (χ4v) is 3.72. The molecule has 0 bridgehead atoms. The van der Waals surface area contributed by atoms with E-state index in [1.165, 1.54) is 18.2 Å². The Balaban J connectivity index is 2.26. The first-order chi connectivity index (χ1) is 12.5. The smallest absolute Gasteiger partial charge is 0.345 e. The normalized spacial score (nSPS) is 11.7. The van der Waals surface area contributed by atoms with Gasteiger partial charge in [0.25, 0.3) is 9.84 Å². The molecule has 2 aromatic carbocycles. The number of carbonyl (C=O) groups is 2. The molecule has 144 valence electrons. The first-order valence-electron chi connectivity index (χ1n) is 8.10. The third kappa shape index (κ3) is 5.90. The Morgan fingerprint density at radius 3 is 2.22 bits per heavy atom. The van der Waals surface area contributed by atoms with Crippen molar-refractivity contribution in [2.75, 3.05) is 5.32 Å². The van der Waals surface area contributed by atoms with Gasteiger partial charge in [-0.25, -0.2) is 8.42 Å². The first kappa shape index (κ1) is 21.1. The van der Waals surface area contributed by atoms with Crippen molar-refractivity contribution in [1.82, 2.24) is 0 Å². The van der Waals surface area contributed by atoms with E-state index in [1.807, 2.05) is 0 Å². The largest absolute Gasteiger partial charge is 0.460 e. The van der Waals surface area contributed by atoms with Crippen LogP contribution in [0.25, 0.3) is 0 Å². The van der Waals surface area contributed by atoms with E-state index in [0.717, 1.165) is 4.47 Å². The molecule has 1 amide bonds. The molecule has 0 radical (unpaired) electrons. The number of ether oxygens (including phenoxy) is 1. The van der Waals surface area contributed by atoms with Gasteiger partial charge in [0.2, 0.25) is 0 Å². The molecule has 1 N–H and O–H groups in total. The molecule has 0 aliphatic carbocycles. The Morgan fingerprint density at radius 2 is 1.63 bits per heavy atom. The molecule has 27 heavy (non-hydrogen) atoms. The van der Waals surface area contributed by atoms with E-state index in [0.29, 0.717) is 5.69 Å². The summed E-state index contributed by atoms with van der Waals surface area (Å²) in [7, 11) is -4.34. The minimum absolute atomic E-state index is 0.206. The molecule has 0 aliphatic rings. The maximum absolute atomic E-state index is 12.7. The molecule has 0 saturated heterocycles. The summed E-state index contributed by atoms with van der Waals surface area (Å²) in [5.41, 5.74) is -0.141. The zero-order valence-electron chi connectivity index (χ0n) is 15.2. The van der Waals surface area contributed by atoms with E-state index >= 15 is 0 Å². The van der Waals surface area contributed by atoms with Crippen molar-refractivity contribution in [2.24, 2.45) is 0 Å². The minimum Gasteiger partial charge on any atom is -0.460 e. The van der Waals surface area contributed by atoms with Gasteiger partial charge >= 0.3 is 11.2 Å². The molecule has 0 spiro atoms. The molecule has 0 aromatic heterocycles. The van der Waals surface area contributed by atoms with Crippen LogP contribution in [0, 0.1) is 0 Å². The molecule has 2 aromatic rings. The van der Waals surface area contributed by atoms with Crippen LogP contribution in [0.4, 0.5) is 10.5 Å². The lowest BCUT2D eigenvalue weighted by Gasteiger charge is -2.20. The number of hydrogen-bond donors (Lipinski definition) is 1. The Bertz CT molecular complexity index is 947. The number of hydrogen-bond acceptors (Lipinski definition) is 5. The lowest BCUT2D eigenvalue weighted by atomic mass is 10.1. The van der Waals surface area contributed by atoms with Crippen molar-refractivity contribution in [1.29, 1.82) is 0 Å². The van der Waals surface area contributed by atoms with E-state index in [1.54, 1.807) is 51.1 Å². The first-order valence-corrected chi connectivity index (χ1v) is 10.4. The van der Waals surface area contributed by atoms with Crippen molar-refractivity contribution in [3.63, 3.8) is 0 Å². The quantitative estimate of drug-likeness (QED) is 0.695. The van der Waals surface area contributed by atoms with Gasteiger partial charge in [0.1, 0.15) is 5.60 Å². The van der Waals surface area contributed by atoms with Crippen LogP contribution in [-0.4, -0.2) is 25.2 Å². The molecule has 0 aliphatic heterocycles. The molecular weight excluding hydrogens is 434 g/mol. The van der Waals surface area contributed by atoms with Gasteiger partial charge in [0.15, 0.2) is 0 Å². The monoisotopic (exact) mass is 453 g/mol. The van der Waals surface area contributed by atoms with Crippen molar-refractivity contribution < 1.29 is 22.7 Å². The van der Waals surface area contributed by atoms with Crippen LogP contribution >= 0.6 is 15.9 Å². The summed E-state index contributed by atoms with van der Waals surface area (Å²) in [6.07, 6.45) is -0.252. The van der Waals surface area contributed by atoms with Crippen molar-refractivity contribution >= 4 is 42.7 Å². The third-order valence-electron chi connectivity index (χ3n) is 3.35. The summed E-state index contributed by atoms with van der Waals surface area (Å²) in [5.74, 6) is -0.571. The van der Waals surface area contributed by atoms with Gasteiger partial charge < -0.3 is 10.1 Å². The van der Waals surface area contributed by atoms with E-state index < -0.39 is 26.6 Å². The summed E-state index contributed by atoms with van der Waals surface area (Å²) in [5, 5.41) is 1.20. The highest BCUT2D eigenvalue weighted by Crippen LogP contribution is 2.22.